The van der Waals surface area contributed by atoms with Crippen molar-refractivity contribution >= 4 is 23.7 Å². The third-order valence-corrected chi connectivity index (χ3v) is 4.07. The topological polar surface area (TPSA) is 96.6 Å². The smallest absolute Gasteiger partial charge is 0.273 e. The van der Waals surface area contributed by atoms with Crippen LogP contribution in [0.1, 0.15) is 31.8 Å². The molecule has 0 aliphatic heterocycles. The molecule has 3 rings (SSSR count). The first-order valence-corrected chi connectivity index (χ1v) is 8.76. The largest absolute Gasteiger partial charge is 0.326 e. The number of para-hydroxylation sites is 1. The molecule has 0 aromatic heterocycles. The van der Waals surface area contributed by atoms with Crippen molar-refractivity contribution in [3.8, 4) is 0 Å². The van der Waals surface area contributed by atoms with Gasteiger partial charge < -0.3 is 11.1 Å². The molecule has 0 aliphatic rings. The summed E-state index contributed by atoms with van der Waals surface area (Å²) >= 11 is 0. The summed E-state index contributed by atoms with van der Waals surface area (Å²) in [5.41, 5.74) is 11.0. The van der Waals surface area contributed by atoms with Gasteiger partial charge in [0, 0.05) is 12.1 Å². The second-order valence-electron chi connectivity index (χ2n) is 5.97. The Bertz CT molecular complexity index is 986. The minimum Gasteiger partial charge on any atom is -0.326 e. The number of anilines is 1. The van der Waals surface area contributed by atoms with Crippen molar-refractivity contribution in [2.45, 2.75) is 6.54 Å². The second-order valence-corrected chi connectivity index (χ2v) is 5.97. The van der Waals surface area contributed by atoms with Crippen molar-refractivity contribution < 1.29 is 9.59 Å². The van der Waals surface area contributed by atoms with E-state index in [9.17, 15) is 9.59 Å². The predicted molar refractivity (Wildman–Crippen MR) is 110 cm³/mol. The highest BCUT2D eigenvalue weighted by molar-refractivity contribution is 6.09. The summed E-state index contributed by atoms with van der Waals surface area (Å²) in [4.78, 5) is 25.2. The molecule has 0 fully saturated rings. The van der Waals surface area contributed by atoms with E-state index in [1.165, 1.54) is 0 Å². The maximum absolute atomic E-state index is 12.6. The lowest BCUT2D eigenvalue weighted by Crippen LogP contribution is -2.23. The highest BCUT2D eigenvalue weighted by atomic mass is 16.2. The van der Waals surface area contributed by atoms with Crippen molar-refractivity contribution in [1.29, 1.82) is 0 Å². The van der Waals surface area contributed by atoms with E-state index in [2.05, 4.69) is 15.8 Å². The fourth-order valence-electron chi connectivity index (χ4n) is 2.65. The average Bonchev–Trinajstić information content (AvgIpc) is 2.75. The Hall–Kier alpha value is -3.77. The van der Waals surface area contributed by atoms with Gasteiger partial charge in [-0.05, 0) is 29.3 Å². The summed E-state index contributed by atoms with van der Waals surface area (Å²) in [5.74, 6) is -0.755. The fourth-order valence-corrected chi connectivity index (χ4v) is 2.65. The number of amides is 2. The fraction of sp³-hybridized carbons (Fsp3) is 0.0455. The van der Waals surface area contributed by atoms with Gasteiger partial charge in [-0.25, -0.2) is 5.43 Å². The third kappa shape index (κ3) is 4.69. The van der Waals surface area contributed by atoms with Crippen LogP contribution < -0.4 is 16.5 Å². The van der Waals surface area contributed by atoms with Crippen LogP contribution in [-0.4, -0.2) is 18.0 Å². The number of nitrogens with zero attached hydrogens (tertiary/aromatic N) is 1. The van der Waals surface area contributed by atoms with E-state index in [1.54, 1.807) is 48.7 Å². The minimum absolute atomic E-state index is 0.179. The lowest BCUT2D eigenvalue weighted by Gasteiger charge is -2.14. The second kappa shape index (κ2) is 9.25. The Balaban J connectivity index is 1.81. The highest BCUT2D eigenvalue weighted by Gasteiger charge is 2.17. The van der Waals surface area contributed by atoms with Gasteiger partial charge in [0.05, 0.1) is 17.5 Å². The molecule has 0 saturated carbocycles. The van der Waals surface area contributed by atoms with E-state index in [4.69, 9.17) is 5.73 Å². The lowest BCUT2D eigenvalue weighted by molar-refractivity contribution is 0.0956. The van der Waals surface area contributed by atoms with Gasteiger partial charge in [0.15, 0.2) is 0 Å². The molecule has 0 spiro atoms. The molecule has 0 saturated heterocycles. The van der Waals surface area contributed by atoms with Crippen LogP contribution in [0.4, 0.5) is 5.69 Å². The molecule has 6 heteroatoms. The number of rotatable bonds is 6. The first kappa shape index (κ1) is 19.0. The van der Waals surface area contributed by atoms with Gasteiger partial charge >= 0.3 is 0 Å². The third-order valence-electron chi connectivity index (χ3n) is 4.07. The summed E-state index contributed by atoms with van der Waals surface area (Å²) in [5, 5.41) is 6.79. The molecular weight excluding hydrogens is 352 g/mol. The number of nitrogens with one attached hydrogen (secondary N) is 2. The van der Waals surface area contributed by atoms with Crippen LogP contribution in [-0.2, 0) is 6.54 Å². The Morgan fingerprint density at radius 2 is 1.54 bits per heavy atom. The lowest BCUT2D eigenvalue weighted by atomic mass is 10.1. The Labute approximate surface area is 163 Å². The maximum Gasteiger partial charge on any atom is 0.273 e. The van der Waals surface area contributed by atoms with Gasteiger partial charge in [-0.3, -0.25) is 9.59 Å². The van der Waals surface area contributed by atoms with Gasteiger partial charge in [0.1, 0.15) is 0 Å². The van der Waals surface area contributed by atoms with Crippen LogP contribution in [0.25, 0.3) is 0 Å². The van der Waals surface area contributed by atoms with Gasteiger partial charge in [-0.1, -0.05) is 60.7 Å². The molecular formula is C22H20N4O2. The number of hydrogen-bond acceptors (Lipinski definition) is 4. The number of benzene rings is 3. The van der Waals surface area contributed by atoms with Crippen molar-refractivity contribution in [2.24, 2.45) is 10.8 Å². The zero-order chi connectivity index (χ0) is 19.8. The molecule has 0 radical (unpaired) electrons. The minimum atomic E-state index is -0.439. The first-order valence-electron chi connectivity index (χ1n) is 8.76. The van der Waals surface area contributed by atoms with Crippen LogP contribution in [0.2, 0.25) is 0 Å². The van der Waals surface area contributed by atoms with Crippen molar-refractivity contribution in [3.63, 3.8) is 0 Å². The Kier molecular flexibility index (Phi) is 6.28. The zero-order valence-corrected chi connectivity index (χ0v) is 15.1. The van der Waals surface area contributed by atoms with E-state index in [1.807, 2.05) is 36.4 Å². The summed E-state index contributed by atoms with van der Waals surface area (Å²) in [6.45, 7) is 0.179. The molecule has 140 valence electrons. The molecule has 0 atom stereocenters. The molecule has 0 unspecified atom stereocenters. The van der Waals surface area contributed by atoms with Gasteiger partial charge in [-0.15, -0.1) is 0 Å². The molecule has 3 aromatic rings. The molecule has 3 aromatic carbocycles. The van der Waals surface area contributed by atoms with Gasteiger partial charge in [0.25, 0.3) is 11.8 Å². The van der Waals surface area contributed by atoms with Crippen LogP contribution in [0.5, 0.6) is 0 Å². The van der Waals surface area contributed by atoms with E-state index >= 15 is 0 Å². The van der Waals surface area contributed by atoms with Crippen LogP contribution >= 0.6 is 0 Å². The first-order chi connectivity index (χ1) is 13.7. The Morgan fingerprint density at radius 1 is 0.857 bits per heavy atom. The van der Waals surface area contributed by atoms with Crippen LogP contribution in [0.15, 0.2) is 84.0 Å². The van der Waals surface area contributed by atoms with E-state index in [0.717, 1.165) is 5.56 Å². The normalized spacial score (nSPS) is 10.6. The molecule has 0 bridgehead atoms. The summed E-state index contributed by atoms with van der Waals surface area (Å²) < 4.78 is 0. The van der Waals surface area contributed by atoms with Crippen molar-refractivity contribution in [3.05, 3.63) is 101 Å². The number of hydrazone groups is 1. The quantitative estimate of drug-likeness (QED) is 0.458. The SMILES string of the molecule is NCc1cccc(C(=O)N/N=C/c2ccccc2)c1NC(=O)c1ccccc1. The summed E-state index contributed by atoms with van der Waals surface area (Å²) in [7, 11) is 0. The molecule has 0 heterocycles. The van der Waals surface area contributed by atoms with Crippen molar-refractivity contribution in [2.75, 3.05) is 5.32 Å². The predicted octanol–water partition coefficient (Wildman–Crippen LogP) is 3.16. The summed E-state index contributed by atoms with van der Waals surface area (Å²) in [6, 6.07) is 23.3. The summed E-state index contributed by atoms with van der Waals surface area (Å²) in [6.07, 6.45) is 1.55. The van der Waals surface area contributed by atoms with E-state index < -0.39 is 5.91 Å². The van der Waals surface area contributed by atoms with Gasteiger partial charge in [0.2, 0.25) is 0 Å². The highest BCUT2D eigenvalue weighted by Crippen LogP contribution is 2.22. The van der Waals surface area contributed by atoms with Crippen LogP contribution in [0, 0.1) is 0 Å². The number of nitrogens with two attached hydrogens (primary N) is 1. The maximum atomic E-state index is 12.6. The van der Waals surface area contributed by atoms with Crippen LogP contribution in [0.3, 0.4) is 0 Å². The standard InChI is InChI=1S/C22H20N4O2/c23-14-18-12-7-13-19(20(18)25-21(27)17-10-5-2-6-11-17)22(28)26-24-15-16-8-3-1-4-9-16/h1-13,15H,14,23H2,(H,25,27)(H,26,28)/b24-15+. The molecule has 6 nitrogen and oxygen atoms in total. The Morgan fingerprint density at radius 3 is 2.21 bits per heavy atom. The van der Waals surface area contributed by atoms with Gasteiger partial charge in [-0.2, -0.15) is 5.10 Å². The molecule has 4 N–H and O–H groups in total. The number of carbonyl (C=O) groups excluding carboxylic acids is 2. The number of carbonyl (C=O) groups is 2. The average molecular weight is 372 g/mol. The monoisotopic (exact) mass is 372 g/mol. The van der Waals surface area contributed by atoms with E-state index in [0.29, 0.717) is 16.8 Å². The number of hydrogen-bond donors (Lipinski definition) is 3. The van der Waals surface area contributed by atoms with Crippen molar-refractivity contribution in [1.82, 2.24) is 5.43 Å². The molecule has 28 heavy (non-hydrogen) atoms. The zero-order valence-electron chi connectivity index (χ0n) is 15.1. The van der Waals surface area contributed by atoms with E-state index in [-0.39, 0.29) is 18.0 Å². The molecule has 0 aliphatic carbocycles. The molecule has 2 amide bonds.